The van der Waals surface area contributed by atoms with Crippen molar-refractivity contribution in [3.8, 4) is 11.5 Å². The van der Waals surface area contributed by atoms with Crippen molar-refractivity contribution in [2.24, 2.45) is 0 Å². The maximum Gasteiger partial charge on any atom is 0.130 e. The fraction of sp³-hybridized carbons (Fsp3) is 0.143. The molecule has 94 valence electrons. The van der Waals surface area contributed by atoms with Gasteiger partial charge in [0.2, 0.25) is 0 Å². The van der Waals surface area contributed by atoms with E-state index in [0.29, 0.717) is 17.1 Å². The van der Waals surface area contributed by atoms with Crippen LogP contribution in [-0.4, -0.2) is 11.4 Å². The third-order valence-electron chi connectivity index (χ3n) is 2.41. The van der Waals surface area contributed by atoms with Gasteiger partial charge in [0.15, 0.2) is 0 Å². The summed E-state index contributed by atoms with van der Waals surface area (Å²) in [5.74, 6) is 0.607. The summed E-state index contributed by atoms with van der Waals surface area (Å²) < 4.78 is 18.8. The van der Waals surface area contributed by atoms with Crippen LogP contribution in [0.3, 0.4) is 0 Å². The minimum absolute atomic E-state index is 0.209. The Balaban J connectivity index is 2.19. The van der Waals surface area contributed by atoms with Gasteiger partial charge in [-0.3, -0.25) is 0 Å². The molecular weight excluding hydrogens is 251 g/mol. The molecule has 0 aliphatic carbocycles. The fourth-order valence-corrected chi connectivity index (χ4v) is 1.96. The predicted octanol–water partition coefficient (Wildman–Crippen LogP) is 3.83. The minimum Gasteiger partial charge on any atom is -0.457 e. The van der Waals surface area contributed by atoms with Crippen molar-refractivity contribution in [3.05, 3.63) is 53.8 Å². The summed E-state index contributed by atoms with van der Waals surface area (Å²) in [5.41, 5.74) is 0.491. The van der Waals surface area contributed by atoms with Crippen molar-refractivity contribution in [1.82, 2.24) is 0 Å². The quantitative estimate of drug-likeness (QED) is 0.851. The van der Waals surface area contributed by atoms with E-state index in [1.165, 1.54) is 12.1 Å². The smallest absolute Gasteiger partial charge is 0.130 e. The van der Waals surface area contributed by atoms with E-state index in [4.69, 9.17) is 9.84 Å². The summed E-state index contributed by atoms with van der Waals surface area (Å²) in [6.07, 6.45) is 2.00. The molecule has 0 aromatic heterocycles. The summed E-state index contributed by atoms with van der Waals surface area (Å²) in [4.78, 5) is 1.14. The average molecular weight is 264 g/mol. The standard InChI is InChI=1S/C14H13FO2S/c1-18-14-4-2-12(3-5-14)17-13-7-10(9-16)6-11(15)8-13/h2-8,16H,9H2,1H3. The van der Waals surface area contributed by atoms with Crippen molar-refractivity contribution >= 4 is 11.8 Å². The highest BCUT2D eigenvalue weighted by Gasteiger charge is 2.03. The molecule has 0 aliphatic heterocycles. The minimum atomic E-state index is -0.419. The van der Waals surface area contributed by atoms with Crippen LogP contribution < -0.4 is 4.74 Å². The van der Waals surface area contributed by atoms with Gasteiger partial charge in [-0.05, 0) is 48.2 Å². The Hall–Kier alpha value is -1.52. The third kappa shape index (κ3) is 3.24. The molecule has 0 amide bonds. The maximum absolute atomic E-state index is 13.2. The van der Waals surface area contributed by atoms with Crippen LogP contribution in [0.4, 0.5) is 4.39 Å². The monoisotopic (exact) mass is 264 g/mol. The molecule has 2 aromatic carbocycles. The Labute approximate surface area is 109 Å². The van der Waals surface area contributed by atoms with Gasteiger partial charge >= 0.3 is 0 Å². The molecule has 1 N–H and O–H groups in total. The van der Waals surface area contributed by atoms with Crippen LogP contribution in [0.25, 0.3) is 0 Å². The SMILES string of the molecule is CSc1ccc(Oc2cc(F)cc(CO)c2)cc1. The lowest BCUT2D eigenvalue weighted by atomic mass is 10.2. The lowest BCUT2D eigenvalue weighted by Crippen LogP contribution is -1.90. The Morgan fingerprint density at radius 2 is 1.83 bits per heavy atom. The van der Waals surface area contributed by atoms with Gasteiger partial charge in [-0.25, -0.2) is 4.39 Å². The van der Waals surface area contributed by atoms with E-state index < -0.39 is 5.82 Å². The van der Waals surface area contributed by atoms with E-state index in [1.807, 2.05) is 30.5 Å². The van der Waals surface area contributed by atoms with E-state index >= 15 is 0 Å². The normalized spacial score (nSPS) is 10.4. The summed E-state index contributed by atoms with van der Waals surface area (Å²) in [5, 5.41) is 9.00. The van der Waals surface area contributed by atoms with Crippen molar-refractivity contribution in [1.29, 1.82) is 0 Å². The zero-order chi connectivity index (χ0) is 13.0. The highest BCUT2D eigenvalue weighted by molar-refractivity contribution is 7.98. The number of thioether (sulfide) groups is 1. The summed E-state index contributed by atoms with van der Waals surface area (Å²) in [6, 6.07) is 11.7. The Morgan fingerprint density at radius 1 is 1.11 bits per heavy atom. The van der Waals surface area contributed by atoms with Gasteiger partial charge < -0.3 is 9.84 Å². The maximum atomic E-state index is 13.2. The molecule has 0 heterocycles. The number of hydrogen-bond acceptors (Lipinski definition) is 3. The first-order valence-corrected chi connectivity index (χ1v) is 6.66. The molecule has 2 nitrogen and oxygen atoms in total. The number of rotatable bonds is 4. The molecule has 2 aromatic rings. The Bertz CT molecular complexity index is 526. The largest absolute Gasteiger partial charge is 0.457 e. The Kier molecular flexibility index (Phi) is 4.23. The highest BCUT2D eigenvalue weighted by Crippen LogP contribution is 2.25. The number of hydrogen-bond donors (Lipinski definition) is 1. The summed E-state index contributed by atoms with van der Waals surface area (Å²) >= 11 is 1.64. The molecule has 0 fully saturated rings. The van der Waals surface area contributed by atoms with Crippen molar-refractivity contribution in [2.45, 2.75) is 11.5 Å². The molecule has 0 saturated carbocycles. The van der Waals surface area contributed by atoms with Gasteiger partial charge in [0.05, 0.1) is 6.61 Å². The molecule has 0 bridgehead atoms. The van der Waals surface area contributed by atoms with E-state index in [9.17, 15) is 4.39 Å². The third-order valence-corrected chi connectivity index (χ3v) is 3.15. The number of benzene rings is 2. The van der Waals surface area contributed by atoms with Gasteiger partial charge in [-0.15, -0.1) is 11.8 Å². The number of aliphatic hydroxyl groups excluding tert-OH is 1. The van der Waals surface area contributed by atoms with Crippen LogP contribution in [0.15, 0.2) is 47.4 Å². The second kappa shape index (κ2) is 5.89. The lowest BCUT2D eigenvalue weighted by Gasteiger charge is -2.07. The highest BCUT2D eigenvalue weighted by atomic mass is 32.2. The summed E-state index contributed by atoms with van der Waals surface area (Å²) in [7, 11) is 0. The van der Waals surface area contributed by atoms with E-state index in [-0.39, 0.29) is 6.61 Å². The van der Waals surface area contributed by atoms with Gasteiger partial charge in [0.1, 0.15) is 17.3 Å². The van der Waals surface area contributed by atoms with Crippen molar-refractivity contribution < 1.29 is 14.2 Å². The van der Waals surface area contributed by atoms with Crippen LogP contribution in [0.2, 0.25) is 0 Å². The first-order valence-electron chi connectivity index (χ1n) is 5.43. The fourth-order valence-electron chi connectivity index (χ4n) is 1.55. The zero-order valence-corrected chi connectivity index (χ0v) is 10.7. The first-order chi connectivity index (χ1) is 8.71. The van der Waals surface area contributed by atoms with Gasteiger partial charge in [-0.1, -0.05) is 0 Å². The van der Waals surface area contributed by atoms with E-state index in [1.54, 1.807) is 17.8 Å². The van der Waals surface area contributed by atoms with Crippen LogP contribution in [0.1, 0.15) is 5.56 Å². The van der Waals surface area contributed by atoms with Gasteiger partial charge in [-0.2, -0.15) is 0 Å². The molecule has 0 aliphatic rings. The predicted molar refractivity (Wildman–Crippen MR) is 70.6 cm³/mol. The Morgan fingerprint density at radius 3 is 2.44 bits per heavy atom. The second-order valence-electron chi connectivity index (χ2n) is 3.73. The molecule has 0 radical (unpaired) electrons. The molecule has 18 heavy (non-hydrogen) atoms. The molecule has 0 saturated heterocycles. The van der Waals surface area contributed by atoms with Crippen molar-refractivity contribution in [2.75, 3.05) is 6.26 Å². The second-order valence-corrected chi connectivity index (χ2v) is 4.61. The molecule has 0 unspecified atom stereocenters. The molecule has 4 heteroatoms. The number of halogens is 1. The molecule has 2 rings (SSSR count). The number of ether oxygens (including phenoxy) is 1. The van der Waals surface area contributed by atoms with E-state index in [0.717, 1.165) is 4.90 Å². The van der Waals surface area contributed by atoms with E-state index in [2.05, 4.69) is 0 Å². The summed E-state index contributed by atoms with van der Waals surface area (Å²) in [6.45, 7) is -0.209. The molecule has 0 atom stereocenters. The first kappa shape index (κ1) is 12.9. The van der Waals surface area contributed by atoms with Crippen LogP contribution in [0.5, 0.6) is 11.5 Å². The topological polar surface area (TPSA) is 29.5 Å². The van der Waals surface area contributed by atoms with Gasteiger partial charge in [0.25, 0.3) is 0 Å². The lowest BCUT2D eigenvalue weighted by molar-refractivity contribution is 0.280. The molecular formula is C14H13FO2S. The average Bonchev–Trinajstić information content (AvgIpc) is 2.39. The van der Waals surface area contributed by atoms with Crippen LogP contribution in [0, 0.1) is 5.82 Å². The molecule has 0 spiro atoms. The van der Waals surface area contributed by atoms with Crippen LogP contribution >= 0.6 is 11.8 Å². The van der Waals surface area contributed by atoms with Crippen molar-refractivity contribution in [3.63, 3.8) is 0 Å². The van der Waals surface area contributed by atoms with Crippen LogP contribution in [-0.2, 0) is 6.61 Å². The number of aliphatic hydroxyl groups is 1. The van der Waals surface area contributed by atoms with Gasteiger partial charge in [0, 0.05) is 11.0 Å². The zero-order valence-electron chi connectivity index (χ0n) is 9.89.